The molecule has 0 saturated heterocycles. The van der Waals surface area contributed by atoms with Gasteiger partial charge in [-0.15, -0.1) is 11.3 Å². The van der Waals surface area contributed by atoms with Crippen LogP contribution in [0, 0.1) is 0 Å². The second-order valence-electron chi connectivity index (χ2n) is 2.39. The Bertz CT molecular complexity index is 324. The summed E-state index contributed by atoms with van der Waals surface area (Å²) >= 11 is 4.21. The minimum absolute atomic E-state index is 0.347. The first kappa shape index (κ1) is 10.6. The summed E-state index contributed by atoms with van der Waals surface area (Å²) in [7, 11) is 0. The lowest BCUT2D eigenvalue weighted by Gasteiger charge is -2.08. The van der Waals surface area contributed by atoms with Gasteiger partial charge < -0.3 is 5.11 Å². The van der Waals surface area contributed by atoms with Crippen LogP contribution in [-0.4, -0.2) is 17.0 Å². The third-order valence-corrected chi connectivity index (χ3v) is 2.96. The Kier molecular flexibility index (Phi) is 3.02. The summed E-state index contributed by atoms with van der Waals surface area (Å²) in [5, 5.41) is 8.15. The average Bonchev–Trinajstić information content (AvgIpc) is 2.34. The van der Waals surface area contributed by atoms with Gasteiger partial charge in [-0.3, -0.25) is 0 Å². The number of carboxylic acid groups (broad SMARTS) is 1. The predicted octanol–water partition coefficient (Wildman–Crippen LogP) is 2.77. The molecule has 0 saturated carbocycles. The molecule has 13 heavy (non-hydrogen) atoms. The molecule has 72 valence electrons. The standard InChI is InChI=1S/C7H5BrF2O2S/c8-5-2-1-4(13-5)3-7(9,10)6(11)12/h1-2H,3H2,(H,11,12). The molecule has 0 aromatic carbocycles. The van der Waals surface area contributed by atoms with Crippen molar-refractivity contribution in [3.8, 4) is 0 Å². The molecule has 0 radical (unpaired) electrons. The quantitative estimate of drug-likeness (QED) is 0.917. The van der Waals surface area contributed by atoms with Gasteiger partial charge in [0, 0.05) is 4.88 Å². The average molecular weight is 271 g/mol. The molecular formula is C7H5BrF2O2S. The molecule has 1 rings (SSSR count). The van der Waals surface area contributed by atoms with Crippen molar-refractivity contribution in [2.45, 2.75) is 12.3 Å². The number of carbonyl (C=O) groups is 1. The minimum Gasteiger partial charge on any atom is -0.477 e. The van der Waals surface area contributed by atoms with Gasteiger partial charge >= 0.3 is 11.9 Å². The van der Waals surface area contributed by atoms with Crippen LogP contribution in [0.3, 0.4) is 0 Å². The molecule has 2 nitrogen and oxygen atoms in total. The van der Waals surface area contributed by atoms with E-state index in [0.717, 1.165) is 11.3 Å². The van der Waals surface area contributed by atoms with E-state index in [4.69, 9.17) is 5.11 Å². The van der Waals surface area contributed by atoms with Gasteiger partial charge in [0.05, 0.1) is 10.2 Å². The Morgan fingerprint density at radius 2 is 2.23 bits per heavy atom. The summed E-state index contributed by atoms with van der Waals surface area (Å²) in [5.41, 5.74) is 0. The van der Waals surface area contributed by atoms with Crippen LogP contribution < -0.4 is 0 Å². The first-order chi connectivity index (χ1) is 5.92. The Morgan fingerprint density at radius 3 is 2.62 bits per heavy atom. The van der Waals surface area contributed by atoms with E-state index in [-0.39, 0.29) is 0 Å². The van der Waals surface area contributed by atoms with E-state index < -0.39 is 18.3 Å². The van der Waals surface area contributed by atoms with E-state index in [9.17, 15) is 13.6 Å². The van der Waals surface area contributed by atoms with Gasteiger partial charge in [0.1, 0.15) is 0 Å². The molecule has 0 amide bonds. The molecule has 1 heterocycles. The maximum absolute atomic E-state index is 12.6. The van der Waals surface area contributed by atoms with Gasteiger partial charge in [-0.05, 0) is 28.1 Å². The molecule has 1 N–H and O–H groups in total. The fourth-order valence-corrected chi connectivity index (χ4v) is 2.27. The fraction of sp³-hybridized carbons (Fsp3) is 0.286. The van der Waals surface area contributed by atoms with Crippen LogP contribution in [0.15, 0.2) is 15.9 Å². The maximum Gasteiger partial charge on any atom is 0.374 e. The smallest absolute Gasteiger partial charge is 0.374 e. The monoisotopic (exact) mass is 270 g/mol. The van der Waals surface area contributed by atoms with Gasteiger partial charge in [-0.1, -0.05) is 0 Å². The number of hydrogen-bond acceptors (Lipinski definition) is 2. The van der Waals surface area contributed by atoms with Gasteiger partial charge in [-0.25, -0.2) is 4.79 Å². The van der Waals surface area contributed by atoms with E-state index in [2.05, 4.69) is 15.9 Å². The van der Waals surface area contributed by atoms with Crippen LogP contribution in [-0.2, 0) is 11.2 Å². The maximum atomic E-state index is 12.6. The van der Waals surface area contributed by atoms with Gasteiger partial charge in [-0.2, -0.15) is 8.78 Å². The van der Waals surface area contributed by atoms with E-state index in [0.29, 0.717) is 8.66 Å². The topological polar surface area (TPSA) is 37.3 Å². The summed E-state index contributed by atoms with van der Waals surface area (Å²) in [6.07, 6.45) is -0.751. The SMILES string of the molecule is O=C(O)C(F)(F)Cc1ccc(Br)s1. The Hall–Kier alpha value is -0.490. The second kappa shape index (κ2) is 3.71. The fourth-order valence-electron chi connectivity index (χ4n) is 0.741. The zero-order valence-electron chi connectivity index (χ0n) is 6.26. The summed E-state index contributed by atoms with van der Waals surface area (Å²) < 4.78 is 26.0. The van der Waals surface area contributed by atoms with Crippen molar-refractivity contribution in [1.82, 2.24) is 0 Å². The molecule has 0 aliphatic carbocycles. The van der Waals surface area contributed by atoms with Crippen molar-refractivity contribution >= 4 is 33.2 Å². The summed E-state index contributed by atoms with van der Waals surface area (Å²) in [5.74, 6) is -5.76. The molecular weight excluding hydrogens is 266 g/mol. The van der Waals surface area contributed by atoms with Crippen LogP contribution in [0.5, 0.6) is 0 Å². The molecule has 0 spiro atoms. The van der Waals surface area contributed by atoms with Crippen molar-refractivity contribution in [1.29, 1.82) is 0 Å². The molecule has 0 bridgehead atoms. The van der Waals surface area contributed by atoms with Crippen LogP contribution in [0.1, 0.15) is 4.88 Å². The molecule has 0 atom stereocenters. The summed E-state index contributed by atoms with van der Waals surface area (Å²) in [4.78, 5) is 10.4. The van der Waals surface area contributed by atoms with E-state index in [1.165, 1.54) is 6.07 Å². The third-order valence-electron chi connectivity index (χ3n) is 1.34. The van der Waals surface area contributed by atoms with Crippen molar-refractivity contribution < 1.29 is 18.7 Å². The zero-order chi connectivity index (χ0) is 10.1. The molecule has 6 heteroatoms. The number of halogens is 3. The van der Waals surface area contributed by atoms with Crippen molar-refractivity contribution in [2.24, 2.45) is 0 Å². The highest BCUT2D eigenvalue weighted by Crippen LogP contribution is 2.28. The van der Waals surface area contributed by atoms with Gasteiger partial charge in [0.2, 0.25) is 0 Å². The molecule has 0 aliphatic rings. The number of thiophene rings is 1. The number of hydrogen-bond donors (Lipinski definition) is 1. The number of carboxylic acids is 1. The normalized spacial score (nSPS) is 11.6. The van der Waals surface area contributed by atoms with Crippen molar-refractivity contribution in [3.05, 3.63) is 20.8 Å². The molecule has 1 aromatic heterocycles. The molecule has 0 unspecified atom stereocenters. The number of rotatable bonds is 3. The van der Waals surface area contributed by atoms with Crippen LogP contribution in [0.4, 0.5) is 8.78 Å². The van der Waals surface area contributed by atoms with Gasteiger partial charge in [0.15, 0.2) is 0 Å². The molecule has 0 aliphatic heterocycles. The van der Waals surface area contributed by atoms with Crippen LogP contribution >= 0.6 is 27.3 Å². The third kappa shape index (κ3) is 2.73. The number of alkyl halides is 2. The first-order valence-electron chi connectivity index (χ1n) is 3.27. The summed E-state index contributed by atoms with van der Waals surface area (Å²) in [6, 6.07) is 3.09. The predicted molar refractivity (Wildman–Crippen MR) is 48.3 cm³/mol. The van der Waals surface area contributed by atoms with Crippen molar-refractivity contribution in [3.63, 3.8) is 0 Å². The first-order valence-corrected chi connectivity index (χ1v) is 4.88. The minimum atomic E-state index is -3.68. The summed E-state index contributed by atoms with van der Waals surface area (Å²) in [6.45, 7) is 0. The highest BCUT2D eigenvalue weighted by molar-refractivity contribution is 9.11. The Labute approximate surface area is 85.3 Å². The van der Waals surface area contributed by atoms with E-state index in [1.54, 1.807) is 6.07 Å². The van der Waals surface area contributed by atoms with Crippen molar-refractivity contribution in [2.75, 3.05) is 0 Å². The lowest BCUT2D eigenvalue weighted by Crippen LogP contribution is -2.30. The van der Waals surface area contributed by atoms with Crippen LogP contribution in [0.25, 0.3) is 0 Å². The van der Waals surface area contributed by atoms with E-state index in [1.807, 2.05) is 0 Å². The molecule has 1 aromatic rings. The highest BCUT2D eigenvalue weighted by atomic mass is 79.9. The van der Waals surface area contributed by atoms with Gasteiger partial charge in [0.25, 0.3) is 0 Å². The largest absolute Gasteiger partial charge is 0.477 e. The Balaban J connectivity index is 2.74. The molecule has 0 fully saturated rings. The van der Waals surface area contributed by atoms with E-state index >= 15 is 0 Å². The Morgan fingerprint density at radius 1 is 1.62 bits per heavy atom. The number of aliphatic carboxylic acids is 1. The zero-order valence-corrected chi connectivity index (χ0v) is 8.66. The second-order valence-corrected chi connectivity index (χ2v) is 4.94. The highest BCUT2D eigenvalue weighted by Gasteiger charge is 2.39. The lowest BCUT2D eigenvalue weighted by molar-refractivity contribution is -0.164. The lowest BCUT2D eigenvalue weighted by atomic mass is 10.2. The van der Waals surface area contributed by atoms with Crippen LogP contribution in [0.2, 0.25) is 0 Å².